The number of carbonyl (C=O) groups is 1. The summed E-state index contributed by atoms with van der Waals surface area (Å²) in [6.07, 6.45) is 0.878. The predicted octanol–water partition coefficient (Wildman–Crippen LogP) is 5.12. The molecule has 0 aromatic heterocycles. The third kappa shape index (κ3) is 9.17. The molecular formula is C21H37NO3SSi. The summed E-state index contributed by atoms with van der Waals surface area (Å²) in [6.45, 7) is 16.8. The van der Waals surface area contributed by atoms with Crippen LogP contribution in [0.3, 0.4) is 0 Å². The largest absolute Gasteiger partial charge is 0.459 e. The third-order valence-electron chi connectivity index (χ3n) is 4.22. The van der Waals surface area contributed by atoms with Gasteiger partial charge in [-0.3, -0.25) is 9.53 Å². The second-order valence-electron chi connectivity index (χ2n) is 9.53. The van der Waals surface area contributed by atoms with E-state index in [4.69, 9.17) is 4.74 Å². The van der Waals surface area contributed by atoms with Crippen LogP contribution < -0.4 is 5.32 Å². The van der Waals surface area contributed by atoms with Gasteiger partial charge in [-0.15, -0.1) is 0 Å². The topological polar surface area (TPSA) is 55.4 Å². The summed E-state index contributed by atoms with van der Waals surface area (Å²) in [5.74, 6) is 0.175. The molecule has 0 saturated heterocycles. The molecule has 2 unspecified atom stereocenters. The molecule has 154 valence electrons. The zero-order valence-electron chi connectivity index (χ0n) is 18.2. The Morgan fingerprint density at radius 3 is 2.15 bits per heavy atom. The van der Waals surface area contributed by atoms with Gasteiger partial charge in [-0.05, 0) is 58.7 Å². The molecule has 0 heterocycles. The first-order valence-corrected chi connectivity index (χ1v) is 14.7. The van der Waals surface area contributed by atoms with Gasteiger partial charge in [0.15, 0.2) is 0 Å². The predicted molar refractivity (Wildman–Crippen MR) is 118 cm³/mol. The number of esters is 1. The fourth-order valence-corrected chi connectivity index (χ4v) is 4.43. The van der Waals surface area contributed by atoms with Gasteiger partial charge in [0.2, 0.25) is 0 Å². The van der Waals surface area contributed by atoms with E-state index in [2.05, 4.69) is 25.0 Å². The van der Waals surface area contributed by atoms with Crippen LogP contribution in [0.15, 0.2) is 24.3 Å². The van der Waals surface area contributed by atoms with Crippen molar-refractivity contribution in [3.63, 3.8) is 0 Å². The van der Waals surface area contributed by atoms with Crippen molar-refractivity contribution in [1.29, 1.82) is 0 Å². The van der Waals surface area contributed by atoms with Crippen LogP contribution in [-0.4, -0.2) is 35.0 Å². The highest BCUT2D eigenvalue weighted by Crippen LogP contribution is 2.24. The van der Waals surface area contributed by atoms with Crippen LogP contribution in [0.25, 0.3) is 0 Å². The fourth-order valence-electron chi connectivity index (χ4n) is 2.49. The minimum absolute atomic E-state index is 0.129. The van der Waals surface area contributed by atoms with Crippen molar-refractivity contribution < 1.29 is 13.7 Å². The van der Waals surface area contributed by atoms with E-state index in [-0.39, 0.29) is 22.9 Å². The summed E-state index contributed by atoms with van der Waals surface area (Å²) < 4.78 is 17.5. The van der Waals surface area contributed by atoms with E-state index in [0.29, 0.717) is 11.4 Å². The standard InChI is InChI=1S/C21H37NO3SSi/c1-16(2)25-20(23)18-11-9-17(10-12-18)19(13-14-27(6,7)8)22-15-26(24)21(3,4)5/h9-12,16,19,22H,13-15H2,1-8H3. The summed E-state index contributed by atoms with van der Waals surface area (Å²) >= 11 is 0. The maximum Gasteiger partial charge on any atom is 0.338 e. The number of benzene rings is 1. The van der Waals surface area contributed by atoms with Crippen LogP contribution in [0, 0.1) is 0 Å². The molecule has 27 heavy (non-hydrogen) atoms. The van der Waals surface area contributed by atoms with Crippen molar-refractivity contribution in [3.8, 4) is 0 Å². The quantitative estimate of drug-likeness (QED) is 0.453. The normalized spacial score (nSPS) is 14.9. The van der Waals surface area contributed by atoms with Gasteiger partial charge in [0.05, 0.1) is 17.5 Å². The molecule has 4 nitrogen and oxygen atoms in total. The van der Waals surface area contributed by atoms with Gasteiger partial charge in [-0.1, -0.05) is 37.8 Å². The van der Waals surface area contributed by atoms with Gasteiger partial charge in [-0.2, -0.15) is 0 Å². The lowest BCUT2D eigenvalue weighted by atomic mass is 10.0. The van der Waals surface area contributed by atoms with Crippen LogP contribution in [-0.2, 0) is 15.5 Å². The molecule has 0 aliphatic rings. The van der Waals surface area contributed by atoms with Crippen LogP contribution >= 0.6 is 0 Å². The zero-order chi connectivity index (χ0) is 20.8. The second-order valence-corrected chi connectivity index (χ2v) is 17.4. The lowest BCUT2D eigenvalue weighted by Crippen LogP contribution is -2.34. The summed E-state index contributed by atoms with van der Waals surface area (Å²) in [5.41, 5.74) is 1.69. The maximum absolute atomic E-state index is 12.4. The first kappa shape index (κ1) is 24.1. The average Bonchev–Trinajstić information content (AvgIpc) is 2.52. The van der Waals surface area contributed by atoms with Crippen LogP contribution in [0.4, 0.5) is 0 Å². The van der Waals surface area contributed by atoms with E-state index in [1.165, 1.54) is 6.04 Å². The molecule has 0 spiro atoms. The Labute approximate surface area is 168 Å². The van der Waals surface area contributed by atoms with Gasteiger partial charge < -0.3 is 4.74 Å². The molecule has 1 N–H and O–H groups in total. The van der Waals surface area contributed by atoms with Gasteiger partial charge in [0, 0.05) is 29.7 Å². The minimum atomic E-state index is -1.18. The van der Waals surface area contributed by atoms with E-state index < -0.39 is 18.9 Å². The minimum Gasteiger partial charge on any atom is -0.459 e. The highest BCUT2D eigenvalue weighted by atomic mass is 32.2. The van der Waals surface area contributed by atoms with Crippen molar-refractivity contribution in [2.24, 2.45) is 0 Å². The molecule has 0 aliphatic heterocycles. The molecule has 0 aliphatic carbocycles. The number of hydrogen-bond acceptors (Lipinski definition) is 4. The van der Waals surface area contributed by atoms with E-state index in [1.807, 2.05) is 58.9 Å². The van der Waals surface area contributed by atoms with Gasteiger partial charge >= 0.3 is 5.97 Å². The molecule has 0 amide bonds. The van der Waals surface area contributed by atoms with Crippen LogP contribution in [0.5, 0.6) is 0 Å². The molecule has 2 atom stereocenters. The number of nitrogens with one attached hydrogen (secondary N) is 1. The van der Waals surface area contributed by atoms with E-state index >= 15 is 0 Å². The second kappa shape index (κ2) is 9.98. The van der Waals surface area contributed by atoms with Crippen molar-refractivity contribution in [3.05, 3.63) is 35.4 Å². The van der Waals surface area contributed by atoms with Gasteiger partial charge in [0.25, 0.3) is 0 Å². The van der Waals surface area contributed by atoms with E-state index in [0.717, 1.165) is 12.0 Å². The lowest BCUT2D eigenvalue weighted by Gasteiger charge is -2.25. The van der Waals surface area contributed by atoms with E-state index in [9.17, 15) is 9.00 Å². The first-order valence-electron chi connectivity index (χ1n) is 9.72. The summed E-state index contributed by atoms with van der Waals surface area (Å²) in [6, 6.07) is 8.94. The highest BCUT2D eigenvalue weighted by Gasteiger charge is 2.23. The first-order chi connectivity index (χ1) is 12.3. The van der Waals surface area contributed by atoms with Crippen molar-refractivity contribution >= 4 is 24.8 Å². The Kier molecular flexibility index (Phi) is 8.90. The molecular weight excluding hydrogens is 374 g/mol. The molecule has 0 radical (unpaired) electrons. The molecule has 1 rings (SSSR count). The Morgan fingerprint density at radius 2 is 1.70 bits per heavy atom. The molecule has 6 heteroatoms. The van der Waals surface area contributed by atoms with Crippen LogP contribution in [0.2, 0.25) is 25.7 Å². The smallest absolute Gasteiger partial charge is 0.338 e. The number of rotatable bonds is 9. The monoisotopic (exact) mass is 411 g/mol. The Bertz CT molecular complexity index is 630. The molecule has 0 fully saturated rings. The number of ether oxygens (including phenoxy) is 1. The Hall–Kier alpha value is -0.983. The summed E-state index contributed by atoms with van der Waals surface area (Å²) in [4.78, 5) is 12.0. The number of hydrogen-bond donors (Lipinski definition) is 1. The zero-order valence-corrected chi connectivity index (χ0v) is 20.0. The van der Waals surface area contributed by atoms with Crippen molar-refractivity contribution in [2.75, 3.05) is 5.88 Å². The molecule has 1 aromatic rings. The lowest BCUT2D eigenvalue weighted by molar-refractivity contribution is 0.0378. The van der Waals surface area contributed by atoms with Crippen molar-refractivity contribution in [2.45, 2.75) is 83.6 Å². The van der Waals surface area contributed by atoms with Crippen molar-refractivity contribution in [1.82, 2.24) is 5.32 Å². The Morgan fingerprint density at radius 1 is 1.15 bits per heavy atom. The third-order valence-corrected chi connectivity index (χ3v) is 7.80. The number of carbonyl (C=O) groups excluding carboxylic acids is 1. The SMILES string of the molecule is CC(C)OC(=O)c1ccc(C(CC[Si](C)(C)C)NCS(=O)C(C)(C)C)cc1. The maximum atomic E-state index is 12.4. The van der Waals surface area contributed by atoms with Crippen LogP contribution in [0.1, 0.15) is 63.0 Å². The highest BCUT2D eigenvalue weighted by molar-refractivity contribution is 7.86. The Balaban J connectivity index is 2.90. The van der Waals surface area contributed by atoms with E-state index in [1.54, 1.807) is 0 Å². The summed E-state index contributed by atoms with van der Waals surface area (Å²) in [5, 5.41) is 3.50. The molecule has 0 saturated carbocycles. The average molecular weight is 412 g/mol. The van der Waals surface area contributed by atoms with Gasteiger partial charge in [0.1, 0.15) is 0 Å². The molecule has 0 bridgehead atoms. The fraction of sp³-hybridized carbons (Fsp3) is 0.667. The van der Waals surface area contributed by atoms with Gasteiger partial charge in [-0.25, -0.2) is 4.79 Å². The molecule has 1 aromatic carbocycles. The summed E-state index contributed by atoms with van der Waals surface area (Å²) in [7, 11) is -2.13.